The molecule has 2 bridgehead atoms. The van der Waals surface area contributed by atoms with Crippen LogP contribution in [0.4, 0.5) is 5.69 Å². The zero-order valence-corrected chi connectivity index (χ0v) is 11.5. The van der Waals surface area contributed by atoms with Gasteiger partial charge in [-0.25, -0.2) is 0 Å². The van der Waals surface area contributed by atoms with E-state index in [9.17, 15) is 14.7 Å². The minimum atomic E-state index is -1.07. The summed E-state index contributed by atoms with van der Waals surface area (Å²) in [4.78, 5) is 23.8. The molecule has 106 valence electrons. The van der Waals surface area contributed by atoms with E-state index in [1.807, 2.05) is 31.2 Å². The smallest absolute Gasteiger partial charge is 0.228 e. The van der Waals surface area contributed by atoms with Crippen LogP contribution in [0.25, 0.3) is 0 Å². The lowest BCUT2D eigenvalue weighted by Crippen LogP contribution is -2.43. The van der Waals surface area contributed by atoms with Crippen LogP contribution in [0.2, 0.25) is 0 Å². The number of hydrogen-bond acceptors (Lipinski definition) is 3. The number of carboxylic acid groups (broad SMARTS) is 1. The Balaban J connectivity index is 1.78. The quantitative estimate of drug-likeness (QED) is 0.903. The van der Waals surface area contributed by atoms with Gasteiger partial charge in [-0.3, -0.25) is 4.79 Å². The van der Waals surface area contributed by atoms with Crippen molar-refractivity contribution in [2.75, 3.05) is 5.32 Å². The second kappa shape index (κ2) is 4.93. The minimum absolute atomic E-state index is 0.123. The molecule has 4 nitrogen and oxygen atoms in total. The monoisotopic (exact) mass is 272 g/mol. The molecule has 0 heterocycles. The van der Waals surface area contributed by atoms with Crippen LogP contribution in [0.5, 0.6) is 0 Å². The number of fused-ring (bicyclic) bond motifs is 2. The standard InChI is InChI=1S/C16H19NO3/c1-9-3-2-4-12(7-9)17-15(18)13-10-5-6-11(8-10)14(13)16(19)20/h2-4,7,10-11,13-14H,5-6,8H2,1H3,(H,17,18)(H,19,20)/p-1/t10-,11+,13-,14+/m1/s1. The highest BCUT2D eigenvalue weighted by molar-refractivity contribution is 5.95. The topological polar surface area (TPSA) is 69.2 Å². The van der Waals surface area contributed by atoms with Crippen LogP contribution in [0.1, 0.15) is 24.8 Å². The Morgan fingerprint density at radius 3 is 2.55 bits per heavy atom. The number of hydrogen-bond donors (Lipinski definition) is 1. The lowest BCUT2D eigenvalue weighted by Gasteiger charge is -2.30. The summed E-state index contributed by atoms with van der Waals surface area (Å²) in [5, 5.41) is 14.2. The van der Waals surface area contributed by atoms with Gasteiger partial charge in [-0.05, 0) is 55.7 Å². The molecule has 4 atom stereocenters. The van der Waals surface area contributed by atoms with E-state index in [1.54, 1.807) is 0 Å². The number of benzene rings is 1. The van der Waals surface area contributed by atoms with Crippen molar-refractivity contribution in [3.8, 4) is 0 Å². The molecule has 1 N–H and O–H groups in total. The number of carboxylic acids is 1. The van der Waals surface area contributed by atoms with Crippen LogP contribution in [0.3, 0.4) is 0 Å². The lowest BCUT2D eigenvalue weighted by atomic mass is 9.78. The van der Waals surface area contributed by atoms with E-state index in [1.165, 1.54) is 0 Å². The first kappa shape index (κ1) is 13.2. The molecular weight excluding hydrogens is 254 g/mol. The van der Waals surface area contributed by atoms with Crippen LogP contribution in [-0.2, 0) is 9.59 Å². The van der Waals surface area contributed by atoms with Crippen molar-refractivity contribution in [1.29, 1.82) is 0 Å². The molecule has 1 amide bonds. The van der Waals surface area contributed by atoms with Crippen molar-refractivity contribution in [3.05, 3.63) is 29.8 Å². The first-order valence-electron chi connectivity index (χ1n) is 7.14. The van der Waals surface area contributed by atoms with Gasteiger partial charge in [-0.1, -0.05) is 12.1 Å². The number of rotatable bonds is 3. The summed E-state index contributed by atoms with van der Waals surface area (Å²) in [5.41, 5.74) is 1.79. The molecule has 1 aromatic carbocycles. The highest BCUT2D eigenvalue weighted by Crippen LogP contribution is 2.52. The van der Waals surface area contributed by atoms with E-state index in [0.29, 0.717) is 0 Å². The maximum atomic E-state index is 12.4. The van der Waals surface area contributed by atoms with E-state index in [2.05, 4.69) is 5.32 Å². The van der Waals surface area contributed by atoms with Gasteiger partial charge in [0.25, 0.3) is 0 Å². The number of anilines is 1. The van der Waals surface area contributed by atoms with E-state index >= 15 is 0 Å². The molecule has 0 aliphatic heterocycles. The van der Waals surface area contributed by atoms with Crippen LogP contribution < -0.4 is 10.4 Å². The molecule has 2 aliphatic rings. The summed E-state index contributed by atoms with van der Waals surface area (Å²) in [6, 6.07) is 7.55. The predicted octanol–water partition coefficient (Wildman–Crippen LogP) is 1.35. The Morgan fingerprint density at radius 2 is 1.90 bits per heavy atom. The number of aliphatic carboxylic acids is 1. The van der Waals surface area contributed by atoms with Crippen molar-refractivity contribution in [1.82, 2.24) is 0 Å². The van der Waals surface area contributed by atoms with Gasteiger partial charge in [-0.15, -0.1) is 0 Å². The summed E-state index contributed by atoms with van der Waals surface area (Å²) < 4.78 is 0. The zero-order valence-electron chi connectivity index (χ0n) is 11.5. The normalized spacial score (nSPS) is 31.2. The van der Waals surface area contributed by atoms with E-state index in [0.717, 1.165) is 30.5 Å². The molecule has 0 aromatic heterocycles. The van der Waals surface area contributed by atoms with Gasteiger partial charge >= 0.3 is 0 Å². The van der Waals surface area contributed by atoms with E-state index in [-0.39, 0.29) is 17.7 Å². The molecule has 0 unspecified atom stereocenters. The maximum absolute atomic E-state index is 12.4. The Morgan fingerprint density at radius 1 is 1.20 bits per heavy atom. The van der Waals surface area contributed by atoms with E-state index < -0.39 is 17.8 Å². The average Bonchev–Trinajstić information content (AvgIpc) is 2.98. The molecule has 2 aliphatic carbocycles. The highest BCUT2D eigenvalue weighted by Gasteiger charge is 2.51. The van der Waals surface area contributed by atoms with Gasteiger partial charge in [0.2, 0.25) is 5.91 Å². The lowest BCUT2D eigenvalue weighted by molar-refractivity contribution is -0.314. The van der Waals surface area contributed by atoms with Crippen LogP contribution in [-0.4, -0.2) is 11.9 Å². The van der Waals surface area contributed by atoms with Gasteiger partial charge < -0.3 is 15.2 Å². The number of carbonyl (C=O) groups excluding carboxylic acids is 2. The predicted molar refractivity (Wildman–Crippen MR) is 72.6 cm³/mol. The van der Waals surface area contributed by atoms with Crippen molar-refractivity contribution in [2.24, 2.45) is 23.7 Å². The number of carbonyl (C=O) groups is 2. The fraction of sp³-hybridized carbons (Fsp3) is 0.500. The van der Waals surface area contributed by atoms with Gasteiger partial charge in [0, 0.05) is 23.5 Å². The molecule has 0 radical (unpaired) electrons. The Labute approximate surface area is 118 Å². The minimum Gasteiger partial charge on any atom is -0.550 e. The van der Waals surface area contributed by atoms with E-state index in [4.69, 9.17) is 0 Å². The third-order valence-corrected chi connectivity index (χ3v) is 4.78. The molecule has 4 heteroatoms. The molecule has 0 saturated heterocycles. The molecular formula is C16H18NO3-. The van der Waals surface area contributed by atoms with Crippen molar-refractivity contribution in [3.63, 3.8) is 0 Å². The molecule has 2 fully saturated rings. The first-order chi connectivity index (χ1) is 9.56. The summed E-state index contributed by atoms with van der Waals surface area (Å²) in [5.74, 6) is -1.96. The van der Waals surface area contributed by atoms with Crippen LogP contribution in [0.15, 0.2) is 24.3 Å². The number of amides is 1. The molecule has 0 spiro atoms. The van der Waals surface area contributed by atoms with Gasteiger partial charge in [0.1, 0.15) is 0 Å². The zero-order chi connectivity index (χ0) is 14.3. The van der Waals surface area contributed by atoms with Crippen LogP contribution in [0, 0.1) is 30.6 Å². The number of nitrogens with one attached hydrogen (secondary N) is 1. The van der Waals surface area contributed by atoms with Crippen LogP contribution >= 0.6 is 0 Å². The van der Waals surface area contributed by atoms with Crippen molar-refractivity contribution in [2.45, 2.75) is 26.2 Å². The fourth-order valence-electron chi connectivity index (χ4n) is 3.96. The summed E-state index contributed by atoms with van der Waals surface area (Å²) in [7, 11) is 0. The third-order valence-electron chi connectivity index (χ3n) is 4.78. The summed E-state index contributed by atoms with van der Waals surface area (Å²) >= 11 is 0. The molecule has 1 aromatic rings. The van der Waals surface area contributed by atoms with Gasteiger partial charge in [-0.2, -0.15) is 0 Å². The fourth-order valence-corrected chi connectivity index (χ4v) is 3.96. The van der Waals surface area contributed by atoms with Gasteiger partial charge in [0.15, 0.2) is 0 Å². The third kappa shape index (κ3) is 2.19. The van der Waals surface area contributed by atoms with Crippen molar-refractivity contribution >= 4 is 17.6 Å². The molecule has 2 saturated carbocycles. The number of aryl methyl sites for hydroxylation is 1. The molecule has 20 heavy (non-hydrogen) atoms. The largest absolute Gasteiger partial charge is 0.550 e. The van der Waals surface area contributed by atoms with Gasteiger partial charge in [0.05, 0.1) is 0 Å². The summed E-state index contributed by atoms with van der Waals surface area (Å²) in [6.07, 6.45) is 2.72. The summed E-state index contributed by atoms with van der Waals surface area (Å²) in [6.45, 7) is 1.96. The first-order valence-corrected chi connectivity index (χ1v) is 7.14. The van der Waals surface area contributed by atoms with Crippen molar-refractivity contribution < 1.29 is 14.7 Å². The average molecular weight is 272 g/mol. The molecule has 3 rings (SSSR count). The highest BCUT2D eigenvalue weighted by atomic mass is 16.4. The maximum Gasteiger partial charge on any atom is 0.228 e. The Bertz CT molecular complexity index is 554. The Hall–Kier alpha value is -1.84. The Kier molecular flexibility index (Phi) is 3.24. The second-order valence-corrected chi connectivity index (χ2v) is 6.06. The second-order valence-electron chi connectivity index (χ2n) is 6.06. The SMILES string of the molecule is Cc1cccc(NC(=O)[C@@H]2[C@@H]3CC[C@@H](C3)[C@@H]2C(=O)[O-])c1.